The van der Waals surface area contributed by atoms with Crippen molar-refractivity contribution in [3.8, 4) is 11.5 Å². The zero-order valence-corrected chi connectivity index (χ0v) is 11.5. The van der Waals surface area contributed by atoms with E-state index < -0.39 is 0 Å². The normalized spacial score (nSPS) is 10.8. The lowest BCUT2D eigenvalue weighted by atomic mass is 10.2. The average Bonchev–Trinajstić information content (AvgIpc) is 2.78. The molecular weight excluding hydrogens is 305 g/mol. The van der Waals surface area contributed by atoms with Crippen molar-refractivity contribution >= 4 is 27.5 Å². The van der Waals surface area contributed by atoms with Crippen LogP contribution in [0.2, 0.25) is 5.02 Å². The number of nitrogens with one attached hydrogen (secondary N) is 1. The predicted molar refractivity (Wildman–Crippen MR) is 69.8 cm³/mol. The van der Waals surface area contributed by atoms with E-state index in [4.69, 9.17) is 16.0 Å². The number of rotatable bonds is 4. The molecule has 0 spiro atoms. The van der Waals surface area contributed by atoms with E-state index in [1.54, 1.807) is 12.1 Å². The van der Waals surface area contributed by atoms with Gasteiger partial charge in [0, 0.05) is 9.50 Å². The topological polar surface area (TPSA) is 51.0 Å². The third-order valence-electron chi connectivity index (χ3n) is 2.15. The molecule has 0 aliphatic heterocycles. The van der Waals surface area contributed by atoms with E-state index in [0.29, 0.717) is 23.3 Å². The molecule has 1 heterocycles. The van der Waals surface area contributed by atoms with Crippen LogP contribution in [0.4, 0.5) is 0 Å². The maximum absolute atomic E-state index is 5.93. The van der Waals surface area contributed by atoms with E-state index in [1.807, 2.05) is 13.0 Å². The van der Waals surface area contributed by atoms with Crippen molar-refractivity contribution < 1.29 is 4.42 Å². The third kappa shape index (κ3) is 3.06. The molecule has 1 N–H and O–H groups in total. The summed E-state index contributed by atoms with van der Waals surface area (Å²) in [5.41, 5.74) is 0.799. The van der Waals surface area contributed by atoms with Crippen LogP contribution in [0.25, 0.3) is 11.5 Å². The minimum atomic E-state index is 0.465. The molecule has 0 atom stereocenters. The molecule has 1 aromatic heterocycles. The van der Waals surface area contributed by atoms with Gasteiger partial charge in [0.25, 0.3) is 0 Å². The molecule has 0 fully saturated rings. The van der Waals surface area contributed by atoms with Crippen LogP contribution < -0.4 is 5.32 Å². The number of nitrogens with zero attached hydrogens (tertiary/aromatic N) is 2. The van der Waals surface area contributed by atoms with Gasteiger partial charge < -0.3 is 9.73 Å². The summed E-state index contributed by atoms with van der Waals surface area (Å²) >= 11 is 9.36. The zero-order chi connectivity index (χ0) is 12.3. The Kier molecular flexibility index (Phi) is 4.15. The molecule has 0 amide bonds. The molecule has 90 valence electrons. The van der Waals surface area contributed by atoms with Crippen LogP contribution in [-0.4, -0.2) is 16.7 Å². The van der Waals surface area contributed by atoms with Gasteiger partial charge in [-0.3, -0.25) is 0 Å². The Morgan fingerprint density at radius 2 is 2.24 bits per heavy atom. The Hall–Kier alpha value is -0.910. The summed E-state index contributed by atoms with van der Waals surface area (Å²) in [6.07, 6.45) is 0. The Bertz CT molecular complexity index is 515. The van der Waals surface area contributed by atoms with E-state index in [9.17, 15) is 0 Å². The summed E-state index contributed by atoms with van der Waals surface area (Å²) < 4.78 is 6.41. The van der Waals surface area contributed by atoms with Gasteiger partial charge in [-0.1, -0.05) is 18.5 Å². The lowest BCUT2D eigenvalue weighted by Crippen LogP contribution is -2.11. The summed E-state index contributed by atoms with van der Waals surface area (Å²) in [6.45, 7) is 3.45. The molecule has 0 unspecified atom stereocenters. The van der Waals surface area contributed by atoms with E-state index in [-0.39, 0.29) is 0 Å². The Labute approximate surface area is 113 Å². The second kappa shape index (κ2) is 5.62. The molecule has 0 aliphatic carbocycles. The molecular formula is C11H11BrClN3O. The van der Waals surface area contributed by atoms with Gasteiger partial charge in [0.1, 0.15) is 0 Å². The molecule has 2 aromatic rings. The van der Waals surface area contributed by atoms with Crippen molar-refractivity contribution in [2.24, 2.45) is 0 Å². The van der Waals surface area contributed by atoms with Gasteiger partial charge in [0.05, 0.1) is 12.1 Å². The van der Waals surface area contributed by atoms with Crippen molar-refractivity contribution in [1.29, 1.82) is 0 Å². The fourth-order valence-electron chi connectivity index (χ4n) is 1.33. The first-order chi connectivity index (χ1) is 8.20. The molecule has 6 heteroatoms. The van der Waals surface area contributed by atoms with Crippen molar-refractivity contribution in [2.75, 3.05) is 6.54 Å². The molecule has 17 heavy (non-hydrogen) atoms. The number of benzene rings is 1. The number of halogens is 2. The first-order valence-electron chi connectivity index (χ1n) is 5.19. The highest BCUT2D eigenvalue weighted by atomic mass is 79.9. The predicted octanol–water partition coefficient (Wildman–Crippen LogP) is 3.26. The van der Waals surface area contributed by atoms with Gasteiger partial charge in [0.2, 0.25) is 11.8 Å². The first kappa shape index (κ1) is 12.5. The van der Waals surface area contributed by atoms with Gasteiger partial charge in [-0.15, -0.1) is 10.2 Å². The van der Waals surface area contributed by atoms with E-state index in [0.717, 1.165) is 16.6 Å². The smallest absolute Gasteiger partial charge is 0.249 e. The average molecular weight is 317 g/mol. The molecule has 0 saturated carbocycles. The number of hydrogen-bond donors (Lipinski definition) is 1. The van der Waals surface area contributed by atoms with Gasteiger partial charge >= 0.3 is 0 Å². The van der Waals surface area contributed by atoms with Crippen LogP contribution in [-0.2, 0) is 6.54 Å². The molecule has 0 radical (unpaired) electrons. The highest BCUT2D eigenvalue weighted by molar-refractivity contribution is 9.10. The summed E-state index contributed by atoms with van der Waals surface area (Å²) in [7, 11) is 0. The summed E-state index contributed by atoms with van der Waals surface area (Å²) in [5, 5.41) is 11.7. The van der Waals surface area contributed by atoms with Crippen molar-refractivity contribution in [2.45, 2.75) is 13.5 Å². The van der Waals surface area contributed by atoms with Crippen LogP contribution in [0.3, 0.4) is 0 Å². The largest absolute Gasteiger partial charge is 0.419 e. The van der Waals surface area contributed by atoms with Crippen LogP contribution in [0, 0.1) is 0 Å². The van der Waals surface area contributed by atoms with Gasteiger partial charge in [-0.05, 0) is 40.7 Å². The highest BCUT2D eigenvalue weighted by Crippen LogP contribution is 2.29. The lowest BCUT2D eigenvalue weighted by Gasteiger charge is -1.99. The number of hydrogen-bond acceptors (Lipinski definition) is 4. The Morgan fingerprint density at radius 1 is 1.41 bits per heavy atom. The van der Waals surface area contributed by atoms with Crippen molar-refractivity contribution in [3.63, 3.8) is 0 Å². The maximum atomic E-state index is 5.93. The van der Waals surface area contributed by atoms with Crippen LogP contribution in [0.1, 0.15) is 12.8 Å². The second-order valence-electron chi connectivity index (χ2n) is 3.41. The fourth-order valence-corrected chi connectivity index (χ4v) is 1.92. The molecule has 1 aromatic carbocycles. The molecule has 4 nitrogen and oxygen atoms in total. The van der Waals surface area contributed by atoms with Gasteiger partial charge in [0.15, 0.2) is 0 Å². The maximum Gasteiger partial charge on any atom is 0.249 e. The van der Waals surface area contributed by atoms with Gasteiger partial charge in [-0.2, -0.15) is 0 Å². The fraction of sp³-hybridized carbons (Fsp3) is 0.273. The lowest BCUT2D eigenvalue weighted by molar-refractivity contribution is 0.482. The van der Waals surface area contributed by atoms with Gasteiger partial charge in [-0.25, -0.2) is 0 Å². The molecule has 0 aliphatic rings. The Balaban J connectivity index is 2.27. The molecule has 2 rings (SSSR count). The quantitative estimate of drug-likeness (QED) is 0.940. The van der Waals surface area contributed by atoms with E-state index in [2.05, 4.69) is 31.4 Å². The monoisotopic (exact) mass is 315 g/mol. The summed E-state index contributed by atoms with van der Waals surface area (Å²) in [5.74, 6) is 1.03. The van der Waals surface area contributed by atoms with Crippen LogP contribution in [0.5, 0.6) is 0 Å². The van der Waals surface area contributed by atoms with E-state index in [1.165, 1.54) is 0 Å². The summed E-state index contributed by atoms with van der Waals surface area (Å²) in [6, 6.07) is 5.44. The van der Waals surface area contributed by atoms with Crippen molar-refractivity contribution in [3.05, 3.63) is 33.6 Å². The second-order valence-corrected chi connectivity index (χ2v) is 4.70. The van der Waals surface area contributed by atoms with Crippen molar-refractivity contribution in [1.82, 2.24) is 15.5 Å². The minimum absolute atomic E-state index is 0.465. The van der Waals surface area contributed by atoms with Crippen LogP contribution >= 0.6 is 27.5 Å². The zero-order valence-electron chi connectivity index (χ0n) is 9.20. The first-order valence-corrected chi connectivity index (χ1v) is 6.36. The van der Waals surface area contributed by atoms with E-state index >= 15 is 0 Å². The van der Waals surface area contributed by atoms with Crippen LogP contribution in [0.15, 0.2) is 27.1 Å². The highest BCUT2D eigenvalue weighted by Gasteiger charge is 2.11. The standard InChI is InChI=1S/C11H11BrClN3O/c1-2-14-6-10-15-16-11(17-10)8-5-7(13)3-4-9(8)12/h3-5,14H,2,6H2,1H3. The molecule has 0 saturated heterocycles. The minimum Gasteiger partial charge on any atom is -0.419 e. The summed E-state index contributed by atoms with van der Waals surface area (Å²) in [4.78, 5) is 0. The Morgan fingerprint density at radius 3 is 3.00 bits per heavy atom. The molecule has 0 bridgehead atoms. The third-order valence-corrected chi connectivity index (χ3v) is 3.08. The SMILES string of the molecule is CCNCc1nnc(-c2cc(Cl)ccc2Br)o1. The number of aromatic nitrogens is 2.